The highest BCUT2D eigenvalue weighted by Gasteiger charge is 2.23. The summed E-state index contributed by atoms with van der Waals surface area (Å²) in [5, 5.41) is 9.18. The van der Waals surface area contributed by atoms with Crippen LogP contribution in [0.25, 0.3) is 22.8 Å². The maximum Gasteiger partial charge on any atom is 0.314 e. The molecule has 0 bridgehead atoms. The standard InChI is InChI=1S/C20H24N4O5/c1-11(22-20(25)21-3)9-27-18-12(2)17(29-24-18)19-23-15-8-14(6-7-16(15)28-19)26-10-13-4-5-13/h6-8,11,13H,4-5,9-10H2,1-3H3,(H2,21,22,25)/t11-/m0/s1. The zero-order chi connectivity index (χ0) is 20.4. The van der Waals surface area contributed by atoms with Crippen molar-refractivity contribution in [3.8, 4) is 23.3 Å². The first-order chi connectivity index (χ1) is 14.0. The highest BCUT2D eigenvalue weighted by molar-refractivity contribution is 5.77. The summed E-state index contributed by atoms with van der Waals surface area (Å²) < 4.78 is 22.7. The smallest absolute Gasteiger partial charge is 0.314 e. The number of amides is 2. The SMILES string of the molecule is CNC(=O)N[C@@H](C)COc1noc(-c2nc3cc(OCC4CC4)ccc3o2)c1C. The predicted molar refractivity (Wildman–Crippen MR) is 105 cm³/mol. The monoisotopic (exact) mass is 400 g/mol. The van der Waals surface area contributed by atoms with E-state index in [0.29, 0.717) is 40.1 Å². The Hall–Kier alpha value is -3.23. The summed E-state index contributed by atoms with van der Waals surface area (Å²) in [6.07, 6.45) is 2.48. The van der Waals surface area contributed by atoms with E-state index in [0.717, 1.165) is 12.4 Å². The van der Waals surface area contributed by atoms with E-state index in [9.17, 15) is 4.79 Å². The maximum atomic E-state index is 11.3. The van der Waals surface area contributed by atoms with E-state index >= 15 is 0 Å². The Bertz CT molecular complexity index is 1010. The molecular weight excluding hydrogens is 376 g/mol. The summed E-state index contributed by atoms with van der Waals surface area (Å²) in [5.74, 6) is 2.53. The van der Waals surface area contributed by atoms with Crippen LogP contribution in [0.15, 0.2) is 27.1 Å². The van der Waals surface area contributed by atoms with E-state index in [1.54, 1.807) is 7.05 Å². The fourth-order valence-corrected chi connectivity index (χ4v) is 2.79. The van der Waals surface area contributed by atoms with Crippen molar-refractivity contribution in [2.45, 2.75) is 32.7 Å². The molecule has 1 aliphatic carbocycles. The van der Waals surface area contributed by atoms with E-state index in [1.807, 2.05) is 32.0 Å². The molecule has 154 valence electrons. The molecule has 1 aliphatic rings. The first kappa shape index (κ1) is 19.1. The summed E-state index contributed by atoms with van der Waals surface area (Å²) in [5.41, 5.74) is 2.00. The van der Waals surface area contributed by atoms with Gasteiger partial charge in [-0.15, -0.1) is 0 Å². The minimum absolute atomic E-state index is 0.201. The van der Waals surface area contributed by atoms with E-state index in [2.05, 4.69) is 20.8 Å². The molecule has 1 fully saturated rings. The third kappa shape index (κ3) is 4.44. The fraction of sp³-hybridized carbons (Fsp3) is 0.450. The van der Waals surface area contributed by atoms with E-state index in [4.69, 9.17) is 18.4 Å². The van der Waals surface area contributed by atoms with Crippen molar-refractivity contribution in [3.05, 3.63) is 23.8 Å². The Labute approximate surface area is 167 Å². The van der Waals surface area contributed by atoms with E-state index < -0.39 is 0 Å². The molecule has 0 spiro atoms. The van der Waals surface area contributed by atoms with Crippen LogP contribution in [0, 0.1) is 12.8 Å². The van der Waals surface area contributed by atoms with Gasteiger partial charge in [-0.2, -0.15) is 0 Å². The van der Waals surface area contributed by atoms with Crippen molar-refractivity contribution in [2.75, 3.05) is 20.3 Å². The number of nitrogens with zero attached hydrogens (tertiary/aromatic N) is 2. The average Bonchev–Trinajstić information content (AvgIpc) is 3.34. The molecule has 1 atom stereocenters. The number of oxazole rings is 1. The third-order valence-corrected chi connectivity index (χ3v) is 4.69. The van der Waals surface area contributed by atoms with Gasteiger partial charge in [0.1, 0.15) is 17.9 Å². The van der Waals surface area contributed by atoms with Crippen molar-refractivity contribution in [2.24, 2.45) is 5.92 Å². The van der Waals surface area contributed by atoms with Crippen LogP contribution in [0.2, 0.25) is 0 Å². The van der Waals surface area contributed by atoms with Crippen molar-refractivity contribution in [1.82, 2.24) is 20.8 Å². The number of nitrogens with one attached hydrogen (secondary N) is 2. The fourth-order valence-electron chi connectivity index (χ4n) is 2.79. The summed E-state index contributed by atoms with van der Waals surface area (Å²) in [7, 11) is 1.56. The summed E-state index contributed by atoms with van der Waals surface area (Å²) in [6, 6.07) is 5.10. The normalized spacial score (nSPS) is 14.6. The molecule has 1 saturated carbocycles. The number of carbonyl (C=O) groups is 1. The molecule has 0 saturated heterocycles. The highest BCUT2D eigenvalue weighted by atomic mass is 16.5. The summed E-state index contributed by atoms with van der Waals surface area (Å²) >= 11 is 0. The maximum absolute atomic E-state index is 11.3. The second-order valence-electron chi connectivity index (χ2n) is 7.28. The number of urea groups is 1. The molecule has 9 heteroatoms. The molecule has 29 heavy (non-hydrogen) atoms. The molecule has 2 heterocycles. The zero-order valence-electron chi connectivity index (χ0n) is 16.7. The van der Waals surface area contributed by atoms with Gasteiger partial charge in [-0.25, -0.2) is 9.78 Å². The van der Waals surface area contributed by atoms with Gasteiger partial charge in [-0.3, -0.25) is 0 Å². The minimum atomic E-state index is -0.273. The van der Waals surface area contributed by atoms with Crippen LogP contribution in [-0.4, -0.2) is 42.5 Å². The Kier molecular flexibility index (Phi) is 5.28. The number of fused-ring (bicyclic) bond motifs is 1. The lowest BCUT2D eigenvalue weighted by Gasteiger charge is -2.13. The van der Waals surface area contributed by atoms with Crippen LogP contribution in [0.4, 0.5) is 4.79 Å². The van der Waals surface area contributed by atoms with Gasteiger partial charge < -0.3 is 29.0 Å². The van der Waals surface area contributed by atoms with Gasteiger partial charge in [0.2, 0.25) is 5.76 Å². The van der Waals surface area contributed by atoms with Gasteiger partial charge in [-0.05, 0) is 49.9 Å². The molecule has 0 unspecified atom stereocenters. The van der Waals surface area contributed by atoms with Crippen LogP contribution >= 0.6 is 0 Å². The van der Waals surface area contributed by atoms with Crippen LogP contribution in [0.3, 0.4) is 0 Å². The van der Waals surface area contributed by atoms with Crippen molar-refractivity contribution < 1.29 is 23.2 Å². The highest BCUT2D eigenvalue weighted by Crippen LogP contribution is 2.33. The molecular formula is C20H24N4O5. The van der Waals surface area contributed by atoms with Gasteiger partial charge in [0.15, 0.2) is 5.58 Å². The first-order valence-electron chi connectivity index (χ1n) is 9.64. The lowest BCUT2D eigenvalue weighted by Crippen LogP contribution is -2.41. The number of ether oxygens (including phenoxy) is 2. The number of hydrogen-bond acceptors (Lipinski definition) is 7. The molecule has 2 N–H and O–H groups in total. The van der Waals surface area contributed by atoms with Crippen LogP contribution in [0.5, 0.6) is 11.6 Å². The van der Waals surface area contributed by atoms with Crippen molar-refractivity contribution in [3.63, 3.8) is 0 Å². The molecule has 0 aliphatic heterocycles. The third-order valence-electron chi connectivity index (χ3n) is 4.69. The summed E-state index contributed by atoms with van der Waals surface area (Å²) in [6.45, 7) is 4.63. The second-order valence-corrected chi connectivity index (χ2v) is 7.28. The Morgan fingerprint density at radius 1 is 1.34 bits per heavy atom. The van der Waals surface area contributed by atoms with E-state index in [1.165, 1.54) is 12.8 Å². The number of hydrogen-bond donors (Lipinski definition) is 2. The lowest BCUT2D eigenvalue weighted by atomic mass is 10.3. The van der Waals surface area contributed by atoms with E-state index in [-0.39, 0.29) is 18.7 Å². The Morgan fingerprint density at radius 3 is 2.93 bits per heavy atom. The topological polar surface area (TPSA) is 112 Å². The Balaban J connectivity index is 1.45. The number of carbonyl (C=O) groups excluding carboxylic acids is 1. The predicted octanol–water partition coefficient (Wildman–Crippen LogP) is 3.28. The number of benzene rings is 1. The van der Waals surface area contributed by atoms with Crippen LogP contribution in [0.1, 0.15) is 25.3 Å². The molecule has 0 radical (unpaired) electrons. The average molecular weight is 400 g/mol. The quantitative estimate of drug-likeness (QED) is 0.597. The number of rotatable bonds is 8. The van der Waals surface area contributed by atoms with Gasteiger partial charge in [-0.1, -0.05) is 0 Å². The lowest BCUT2D eigenvalue weighted by molar-refractivity contribution is 0.222. The van der Waals surface area contributed by atoms with Gasteiger partial charge in [0.25, 0.3) is 11.8 Å². The van der Waals surface area contributed by atoms with Gasteiger partial charge >= 0.3 is 6.03 Å². The molecule has 1 aromatic carbocycles. The summed E-state index contributed by atoms with van der Waals surface area (Å²) in [4.78, 5) is 15.8. The van der Waals surface area contributed by atoms with Crippen LogP contribution in [-0.2, 0) is 0 Å². The zero-order valence-corrected chi connectivity index (χ0v) is 16.7. The number of aromatic nitrogens is 2. The molecule has 2 amide bonds. The first-order valence-corrected chi connectivity index (χ1v) is 9.64. The largest absolute Gasteiger partial charge is 0.493 e. The second kappa shape index (κ2) is 8.02. The molecule has 2 aromatic heterocycles. The molecule has 4 rings (SSSR count). The van der Waals surface area contributed by atoms with Crippen molar-refractivity contribution >= 4 is 17.1 Å². The van der Waals surface area contributed by atoms with Crippen molar-refractivity contribution in [1.29, 1.82) is 0 Å². The Morgan fingerprint density at radius 2 is 2.17 bits per heavy atom. The minimum Gasteiger partial charge on any atom is -0.493 e. The molecule has 9 nitrogen and oxygen atoms in total. The van der Waals surface area contributed by atoms with Crippen LogP contribution < -0.4 is 20.1 Å². The molecule has 3 aromatic rings. The van der Waals surface area contributed by atoms with Gasteiger partial charge in [0.05, 0.1) is 18.2 Å². The van der Waals surface area contributed by atoms with Gasteiger partial charge in [0, 0.05) is 13.1 Å².